The van der Waals surface area contributed by atoms with Crippen LogP contribution < -0.4 is 5.73 Å². The molecule has 0 heterocycles. The van der Waals surface area contributed by atoms with E-state index in [0.717, 1.165) is 12.8 Å². The van der Waals surface area contributed by atoms with Crippen LogP contribution in [0.15, 0.2) is 0 Å². The molecule has 0 rings (SSSR count). The average Bonchev–Trinajstić information content (AvgIpc) is 1.67. The van der Waals surface area contributed by atoms with Gasteiger partial charge in [0.25, 0.3) is 0 Å². The van der Waals surface area contributed by atoms with Crippen molar-refractivity contribution in [3.8, 4) is 0 Å². The van der Waals surface area contributed by atoms with Crippen LogP contribution in [-0.2, 0) is 4.79 Å². The molecule has 0 aromatic carbocycles. The Morgan fingerprint density at radius 3 is 2.50 bits per heavy atom. The van der Waals surface area contributed by atoms with Gasteiger partial charge in [-0.25, -0.2) is 0 Å². The summed E-state index contributed by atoms with van der Waals surface area (Å²) in [6.07, 6.45) is 1.75. The fourth-order valence-electron chi connectivity index (χ4n) is 0.429. The molecule has 1 radical (unpaired) electrons. The van der Waals surface area contributed by atoms with E-state index in [1.54, 1.807) is 0 Å². The number of carbonyl (C=O) groups excluding carboxylic acids is 1. The number of hydrogen-bond donors (Lipinski definition) is 1. The van der Waals surface area contributed by atoms with Crippen LogP contribution >= 0.6 is 0 Å². The van der Waals surface area contributed by atoms with Crippen LogP contribution in [0.2, 0.25) is 0 Å². The maximum absolute atomic E-state index is 10.4. The molecule has 0 bridgehead atoms. The zero-order valence-corrected chi connectivity index (χ0v) is 6.60. The molecule has 3 heteroatoms. The van der Waals surface area contributed by atoms with Gasteiger partial charge in [-0.3, -0.25) is 0 Å². The summed E-state index contributed by atoms with van der Waals surface area (Å²) < 4.78 is -0.0353. The Morgan fingerprint density at radius 1 is 1.88 bits per heavy atom. The Kier molecular flexibility index (Phi) is 4.15. The molecule has 0 aliphatic carbocycles. The third-order valence-electron chi connectivity index (χ3n) is 0.902. The van der Waals surface area contributed by atoms with E-state index in [0.29, 0.717) is 0 Å². The van der Waals surface area contributed by atoms with E-state index in [4.69, 9.17) is 5.73 Å². The van der Waals surface area contributed by atoms with Crippen molar-refractivity contribution in [3.63, 3.8) is 0 Å². The zero-order chi connectivity index (χ0) is 6.57. The molecular weight excluding hydrogens is 169 g/mol. The third kappa shape index (κ3) is 3.19. The van der Waals surface area contributed by atoms with Crippen LogP contribution in [0.5, 0.6) is 0 Å². The van der Waals surface area contributed by atoms with Gasteiger partial charge < -0.3 is 0 Å². The molecule has 0 spiro atoms. The summed E-state index contributed by atoms with van der Waals surface area (Å²) in [5.74, 6) is 0. The monoisotopic (exact) mass is 180 g/mol. The normalized spacial score (nSPS) is 13.2. The number of hydrogen-bond acceptors (Lipinski definition) is 2. The number of rotatable bonds is 3. The minimum absolute atomic E-state index is 0.0353. The van der Waals surface area contributed by atoms with Gasteiger partial charge in [0.1, 0.15) is 0 Å². The van der Waals surface area contributed by atoms with Crippen LogP contribution in [0.25, 0.3) is 0 Å². The van der Waals surface area contributed by atoms with Crippen molar-refractivity contribution in [2.45, 2.75) is 25.8 Å². The van der Waals surface area contributed by atoms with E-state index in [2.05, 4.69) is 16.0 Å². The molecule has 1 unspecified atom stereocenters. The molecule has 0 aliphatic rings. The SMILES string of the molecule is CCCC(N)C(=O)[Se]. The fourth-order valence-corrected chi connectivity index (χ4v) is 0.676. The van der Waals surface area contributed by atoms with Crippen molar-refractivity contribution in [2.24, 2.45) is 5.73 Å². The quantitative estimate of drug-likeness (QED) is 0.610. The van der Waals surface area contributed by atoms with Gasteiger partial charge in [-0.2, -0.15) is 0 Å². The van der Waals surface area contributed by atoms with Crippen LogP contribution in [0.1, 0.15) is 19.8 Å². The molecule has 1 atom stereocenters. The molecule has 8 heavy (non-hydrogen) atoms. The van der Waals surface area contributed by atoms with Crippen molar-refractivity contribution < 1.29 is 4.79 Å². The molecule has 47 valence electrons. The third-order valence-corrected chi connectivity index (χ3v) is 1.54. The van der Waals surface area contributed by atoms with Crippen LogP contribution in [0.4, 0.5) is 0 Å². The van der Waals surface area contributed by atoms with E-state index in [9.17, 15) is 4.79 Å². The van der Waals surface area contributed by atoms with E-state index >= 15 is 0 Å². The summed E-state index contributed by atoms with van der Waals surface area (Å²) in [6.45, 7) is 2.00. The van der Waals surface area contributed by atoms with Crippen molar-refractivity contribution >= 4 is 20.7 Å². The summed E-state index contributed by atoms with van der Waals surface area (Å²) in [5.41, 5.74) is 5.35. The van der Waals surface area contributed by atoms with E-state index in [-0.39, 0.29) is 10.7 Å². The fraction of sp³-hybridized carbons (Fsp3) is 0.800. The summed E-state index contributed by atoms with van der Waals surface area (Å²) >= 11 is 2.36. The molecule has 0 aromatic rings. The second-order valence-electron chi connectivity index (χ2n) is 1.71. The standard InChI is InChI=1S/C5H10NOSe/c1-2-3-4(6)5(7)8/h4H,2-3,6H2,1H3. The molecule has 2 N–H and O–H groups in total. The second kappa shape index (κ2) is 4.07. The van der Waals surface area contributed by atoms with Crippen molar-refractivity contribution in [2.75, 3.05) is 0 Å². The number of nitrogens with two attached hydrogens (primary N) is 1. The number of carbonyl (C=O) groups is 1. The first-order valence-corrected chi connectivity index (χ1v) is 3.50. The summed E-state index contributed by atoms with van der Waals surface area (Å²) in [6, 6.07) is -0.278. The maximum atomic E-state index is 10.4. The summed E-state index contributed by atoms with van der Waals surface area (Å²) in [4.78, 5) is 10.4. The summed E-state index contributed by atoms with van der Waals surface area (Å²) in [7, 11) is 0. The Bertz CT molecular complexity index is 84.5. The first-order chi connectivity index (χ1) is 3.68. The molecular formula is C5H10NOSe. The topological polar surface area (TPSA) is 43.1 Å². The predicted molar refractivity (Wildman–Crippen MR) is 33.6 cm³/mol. The van der Waals surface area contributed by atoms with E-state index in [1.807, 2.05) is 6.92 Å². The Labute approximate surface area is 57.6 Å². The first-order valence-electron chi connectivity index (χ1n) is 2.65. The molecule has 2 nitrogen and oxygen atoms in total. The molecule has 0 amide bonds. The van der Waals surface area contributed by atoms with E-state index in [1.165, 1.54) is 0 Å². The minimum atomic E-state index is -0.278. The molecule has 0 aliphatic heterocycles. The van der Waals surface area contributed by atoms with Crippen LogP contribution in [-0.4, -0.2) is 26.7 Å². The molecule has 0 saturated carbocycles. The molecule has 0 fully saturated rings. The van der Waals surface area contributed by atoms with Crippen molar-refractivity contribution in [1.29, 1.82) is 0 Å². The average molecular weight is 179 g/mol. The van der Waals surface area contributed by atoms with Gasteiger partial charge >= 0.3 is 57.0 Å². The van der Waals surface area contributed by atoms with Gasteiger partial charge in [0.15, 0.2) is 0 Å². The van der Waals surface area contributed by atoms with Gasteiger partial charge in [0.05, 0.1) is 0 Å². The molecule has 0 saturated heterocycles. The van der Waals surface area contributed by atoms with E-state index < -0.39 is 0 Å². The van der Waals surface area contributed by atoms with Gasteiger partial charge in [0, 0.05) is 0 Å². The van der Waals surface area contributed by atoms with Gasteiger partial charge in [-0.05, 0) is 0 Å². The Hall–Kier alpha value is 0.149. The Morgan fingerprint density at radius 2 is 2.38 bits per heavy atom. The predicted octanol–water partition coefficient (Wildman–Crippen LogP) is -0.191. The van der Waals surface area contributed by atoms with Crippen LogP contribution in [0.3, 0.4) is 0 Å². The second-order valence-corrected chi connectivity index (χ2v) is 2.56. The van der Waals surface area contributed by atoms with Crippen molar-refractivity contribution in [1.82, 2.24) is 0 Å². The van der Waals surface area contributed by atoms with Gasteiger partial charge in [0.2, 0.25) is 0 Å². The first kappa shape index (κ1) is 8.15. The van der Waals surface area contributed by atoms with Gasteiger partial charge in [-0.15, -0.1) is 0 Å². The summed E-state index contributed by atoms with van der Waals surface area (Å²) in [5, 5.41) is 0. The zero-order valence-electron chi connectivity index (χ0n) is 4.89. The van der Waals surface area contributed by atoms with Crippen LogP contribution in [0, 0.1) is 0 Å². The van der Waals surface area contributed by atoms with Crippen molar-refractivity contribution in [3.05, 3.63) is 0 Å². The van der Waals surface area contributed by atoms with Gasteiger partial charge in [-0.1, -0.05) is 0 Å². The molecule has 0 aromatic heterocycles. The Balaban J connectivity index is 3.32.